The molecule has 0 saturated heterocycles. The molecule has 0 aliphatic rings. The molecular formula is C40H26N2O. The maximum Gasteiger partial charge on any atom is 0.143 e. The van der Waals surface area contributed by atoms with E-state index in [1.165, 1.54) is 32.7 Å². The third-order valence-corrected chi connectivity index (χ3v) is 8.76. The Labute approximate surface area is 248 Å². The number of aryl methyl sites for hydroxylation is 2. The van der Waals surface area contributed by atoms with Crippen molar-refractivity contribution in [3.05, 3.63) is 133 Å². The van der Waals surface area contributed by atoms with E-state index >= 15 is 0 Å². The van der Waals surface area contributed by atoms with Gasteiger partial charge >= 0.3 is 0 Å². The van der Waals surface area contributed by atoms with Crippen molar-refractivity contribution in [3.63, 3.8) is 0 Å². The highest BCUT2D eigenvalue weighted by molar-refractivity contribution is 6.24. The predicted octanol–water partition coefficient (Wildman–Crippen LogP) is 10.9. The van der Waals surface area contributed by atoms with E-state index in [4.69, 9.17) is 14.4 Å². The molecule has 0 fully saturated rings. The molecule has 3 heteroatoms. The van der Waals surface area contributed by atoms with Crippen LogP contribution in [0.2, 0.25) is 0 Å². The van der Waals surface area contributed by atoms with Gasteiger partial charge in [-0.05, 0) is 59.2 Å². The summed E-state index contributed by atoms with van der Waals surface area (Å²) in [5.74, 6) is 0. The summed E-state index contributed by atoms with van der Waals surface area (Å²) in [6, 6.07) is 40.9. The molecule has 0 spiro atoms. The van der Waals surface area contributed by atoms with Gasteiger partial charge in [0.15, 0.2) is 0 Å². The van der Waals surface area contributed by atoms with E-state index in [0.717, 1.165) is 66.1 Å². The number of hydrogen-bond acceptors (Lipinski definition) is 3. The standard InChI is InChI=1S/C40H26N2O/c1-23-14-16-29-33(18-23)34-19-24(2)15-17-30(34)39-38(29)41-22-35(42-39)27-10-7-9-25(20-27)32-21-26-8-3-4-11-28(26)37-31-12-5-6-13-36(31)43-40(32)37/h3-22H,1-2H3. The van der Waals surface area contributed by atoms with Crippen LogP contribution in [0.4, 0.5) is 0 Å². The van der Waals surface area contributed by atoms with E-state index < -0.39 is 0 Å². The lowest BCUT2D eigenvalue weighted by atomic mass is 9.95. The van der Waals surface area contributed by atoms with Crippen molar-refractivity contribution >= 4 is 65.3 Å². The highest BCUT2D eigenvalue weighted by atomic mass is 16.3. The first kappa shape index (κ1) is 24.1. The maximum absolute atomic E-state index is 6.53. The third-order valence-electron chi connectivity index (χ3n) is 8.76. The summed E-state index contributed by atoms with van der Waals surface area (Å²) in [4.78, 5) is 10.3. The van der Waals surface area contributed by atoms with Crippen molar-refractivity contribution in [3.8, 4) is 22.4 Å². The smallest absolute Gasteiger partial charge is 0.143 e. The van der Waals surface area contributed by atoms with E-state index in [0.29, 0.717) is 0 Å². The van der Waals surface area contributed by atoms with Crippen LogP contribution in [0.5, 0.6) is 0 Å². The number of fused-ring (bicyclic) bond motifs is 11. The Morgan fingerprint density at radius 1 is 0.535 bits per heavy atom. The van der Waals surface area contributed by atoms with Crippen molar-refractivity contribution in [2.45, 2.75) is 13.8 Å². The van der Waals surface area contributed by atoms with Gasteiger partial charge in [-0.2, -0.15) is 0 Å². The molecule has 0 saturated carbocycles. The molecule has 9 rings (SSSR count). The third kappa shape index (κ3) is 3.61. The topological polar surface area (TPSA) is 38.9 Å². The van der Waals surface area contributed by atoms with Crippen molar-refractivity contribution < 1.29 is 4.42 Å². The highest BCUT2D eigenvalue weighted by Gasteiger charge is 2.17. The van der Waals surface area contributed by atoms with Crippen LogP contribution in [-0.2, 0) is 0 Å². The zero-order valence-corrected chi connectivity index (χ0v) is 23.8. The van der Waals surface area contributed by atoms with E-state index in [1.54, 1.807) is 0 Å². The molecule has 7 aromatic carbocycles. The average Bonchev–Trinajstić information content (AvgIpc) is 3.44. The first-order chi connectivity index (χ1) is 21.1. The molecule has 3 nitrogen and oxygen atoms in total. The monoisotopic (exact) mass is 550 g/mol. The second kappa shape index (κ2) is 8.98. The van der Waals surface area contributed by atoms with Crippen LogP contribution in [0.25, 0.3) is 87.7 Å². The van der Waals surface area contributed by atoms with Crippen LogP contribution in [0, 0.1) is 13.8 Å². The minimum atomic E-state index is 0.851. The molecule has 0 aliphatic carbocycles. The normalized spacial score (nSPS) is 12.0. The molecule has 0 bridgehead atoms. The van der Waals surface area contributed by atoms with Gasteiger partial charge in [0.2, 0.25) is 0 Å². The van der Waals surface area contributed by atoms with Gasteiger partial charge in [-0.1, -0.05) is 108 Å². The van der Waals surface area contributed by atoms with E-state index in [1.807, 2.05) is 18.3 Å². The fourth-order valence-corrected chi connectivity index (χ4v) is 6.72. The zero-order chi connectivity index (χ0) is 28.7. The molecule has 0 amide bonds. The minimum Gasteiger partial charge on any atom is -0.455 e. The molecule has 9 aromatic rings. The molecule has 2 aromatic heterocycles. The number of aromatic nitrogens is 2. The quantitative estimate of drug-likeness (QED) is 0.201. The van der Waals surface area contributed by atoms with Gasteiger partial charge in [-0.3, -0.25) is 4.98 Å². The van der Waals surface area contributed by atoms with Crippen LogP contribution >= 0.6 is 0 Å². The SMILES string of the molecule is Cc1ccc2c(c1)c1cc(C)ccc1c1nc(-c3cccc(-c4cc5ccccc5c5c4oc4ccccc45)c3)cnc21. The lowest BCUT2D eigenvalue weighted by Gasteiger charge is -2.12. The Morgan fingerprint density at radius 3 is 2.05 bits per heavy atom. The first-order valence-corrected chi connectivity index (χ1v) is 14.7. The van der Waals surface area contributed by atoms with E-state index in [9.17, 15) is 0 Å². The molecule has 0 N–H and O–H groups in total. The number of benzene rings is 7. The van der Waals surface area contributed by atoms with Gasteiger partial charge in [-0.15, -0.1) is 0 Å². The molecule has 0 atom stereocenters. The second-order valence-electron chi connectivity index (χ2n) is 11.6. The van der Waals surface area contributed by atoms with Crippen molar-refractivity contribution in [2.75, 3.05) is 0 Å². The Kier molecular flexibility index (Phi) is 5.03. The van der Waals surface area contributed by atoms with Crippen LogP contribution in [0.3, 0.4) is 0 Å². The zero-order valence-electron chi connectivity index (χ0n) is 23.8. The lowest BCUT2D eigenvalue weighted by Crippen LogP contribution is -1.93. The Bertz CT molecular complexity index is 2590. The fraction of sp³-hybridized carbons (Fsp3) is 0.0500. The largest absolute Gasteiger partial charge is 0.455 e. The first-order valence-electron chi connectivity index (χ1n) is 14.7. The Morgan fingerprint density at radius 2 is 1.23 bits per heavy atom. The van der Waals surface area contributed by atoms with E-state index in [-0.39, 0.29) is 0 Å². The molecule has 2 heterocycles. The molecule has 202 valence electrons. The van der Waals surface area contributed by atoms with Gasteiger partial charge < -0.3 is 4.42 Å². The predicted molar refractivity (Wildman–Crippen MR) is 180 cm³/mol. The number of furan rings is 1. The average molecular weight is 551 g/mol. The Hall–Kier alpha value is -5.54. The molecule has 43 heavy (non-hydrogen) atoms. The summed E-state index contributed by atoms with van der Waals surface area (Å²) < 4.78 is 6.53. The summed E-state index contributed by atoms with van der Waals surface area (Å²) in [6.45, 7) is 4.28. The summed E-state index contributed by atoms with van der Waals surface area (Å²) >= 11 is 0. The molecule has 0 radical (unpaired) electrons. The van der Waals surface area contributed by atoms with Gasteiger partial charge in [0.05, 0.1) is 22.9 Å². The van der Waals surface area contributed by atoms with E-state index in [2.05, 4.69) is 117 Å². The second-order valence-corrected chi connectivity index (χ2v) is 11.6. The fourth-order valence-electron chi connectivity index (χ4n) is 6.72. The molecule has 0 aliphatic heterocycles. The summed E-state index contributed by atoms with van der Waals surface area (Å²) in [5, 5.41) is 9.39. The van der Waals surface area contributed by atoms with Gasteiger partial charge in [0, 0.05) is 32.7 Å². The minimum absolute atomic E-state index is 0.851. The number of para-hydroxylation sites is 1. The summed E-state index contributed by atoms with van der Waals surface area (Å²) in [5.41, 5.74) is 10.2. The van der Waals surface area contributed by atoms with Crippen LogP contribution in [-0.4, -0.2) is 9.97 Å². The number of rotatable bonds is 2. The van der Waals surface area contributed by atoms with Crippen molar-refractivity contribution in [1.82, 2.24) is 9.97 Å². The number of hydrogen-bond donors (Lipinski definition) is 0. The van der Waals surface area contributed by atoms with Gasteiger partial charge in [0.1, 0.15) is 11.2 Å². The molecule has 0 unspecified atom stereocenters. The lowest BCUT2D eigenvalue weighted by molar-refractivity contribution is 0.670. The summed E-state index contributed by atoms with van der Waals surface area (Å²) in [6.07, 6.45) is 1.91. The van der Waals surface area contributed by atoms with Crippen LogP contribution < -0.4 is 0 Å². The van der Waals surface area contributed by atoms with Crippen LogP contribution in [0.1, 0.15) is 11.1 Å². The molecular weight excluding hydrogens is 524 g/mol. The van der Waals surface area contributed by atoms with Crippen molar-refractivity contribution in [1.29, 1.82) is 0 Å². The summed E-state index contributed by atoms with van der Waals surface area (Å²) in [7, 11) is 0. The van der Waals surface area contributed by atoms with Crippen LogP contribution in [0.15, 0.2) is 126 Å². The maximum atomic E-state index is 6.53. The van der Waals surface area contributed by atoms with Gasteiger partial charge in [0.25, 0.3) is 0 Å². The van der Waals surface area contributed by atoms with Gasteiger partial charge in [-0.25, -0.2) is 4.98 Å². The highest BCUT2D eigenvalue weighted by Crippen LogP contribution is 2.42. The van der Waals surface area contributed by atoms with Crippen molar-refractivity contribution in [2.24, 2.45) is 0 Å². The Balaban J connectivity index is 1.28. The number of nitrogens with zero attached hydrogens (tertiary/aromatic N) is 2.